The van der Waals surface area contributed by atoms with E-state index in [4.69, 9.17) is 0 Å². The van der Waals surface area contributed by atoms with Gasteiger partial charge < -0.3 is 0 Å². The molecule has 0 nitrogen and oxygen atoms in total. The van der Waals surface area contributed by atoms with Crippen LogP contribution in [-0.2, 0) is 0 Å². The first-order chi connectivity index (χ1) is 15.8. The summed E-state index contributed by atoms with van der Waals surface area (Å²) in [6.45, 7) is 34.0. The summed E-state index contributed by atoms with van der Waals surface area (Å²) in [4.78, 5) is 0. The largest absolute Gasteiger partial charge is 0.207 e. The minimum Gasteiger partial charge on any atom is -0.207 e. The molecule has 0 aromatic carbocycles. The van der Waals surface area contributed by atoms with Crippen molar-refractivity contribution in [3.05, 3.63) is 84.3 Å². The number of hydrogen-bond donors (Lipinski definition) is 0. The van der Waals surface area contributed by atoms with Gasteiger partial charge in [0.1, 0.15) is 5.83 Å². The highest BCUT2D eigenvalue weighted by molar-refractivity contribution is 5.39. The highest BCUT2D eigenvalue weighted by atomic mass is 19.1. The van der Waals surface area contributed by atoms with E-state index < -0.39 is 0 Å². The van der Waals surface area contributed by atoms with Crippen molar-refractivity contribution in [3.8, 4) is 0 Å². The molecular formula is C33H53F. The molecular weight excluding hydrogens is 415 g/mol. The molecule has 0 aliphatic carbocycles. The van der Waals surface area contributed by atoms with Crippen LogP contribution < -0.4 is 0 Å². The Kier molecular flexibility index (Phi) is 15.8. The molecule has 1 heteroatoms. The summed E-state index contributed by atoms with van der Waals surface area (Å²) in [7, 11) is 0. The maximum Gasteiger partial charge on any atom is 0.126 e. The van der Waals surface area contributed by atoms with E-state index in [0.29, 0.717) is 17.4 Å². The van der Waals surface area contributed by atoms with Crippen LogP contribution in [0.15, 0.2) is 84.3 Å². The van der Waals surface area contributed by atoms with E-state index in [1.54, 1.807) is 6.08 Å². The second kappa shape index (κ2) is 16.7. The Morgan fingerprint density at radius 2 is 1.35 bits per heavy atom. The number of rotatable bonds is 17. The number of allylic oxidation sites excluding steroid dienone is 10. The van der Waals surface area contributed by atoms with Crippen LogP contribution in [0.4, 0.5) is 4.39 Å². The van der Waals surface area contributed by atoms with Gasteiger partial charge in [0, 0.05) is 0 Å². The quantitative estimate of drug-likeness (QED) is 0.186. The smallest absolute Gasteiger partial charge is 0.126 e. The van der Waals surface area contributed by atoms with Crippen LogP contribution in [-0.4, -0.2) is 0 Å². The van der Waals surface area contributed by atoms with Crippen LogP contribution in [0.1, 0.15) is 93.9 Å². The standard InChI is InChI=1S/C33H53F/c1-13-24(4)15-17-30(10)32(12)33(34)22-31(11)29(9)21-20-28(8)27(7)19-18-26(6)25(5)16-14-23(2)3/h18-20,22-25,29-30H,6-7,11-17,21H2,1-5,8-10H3/b19-18-,28-20+,33-22+. The average molecular weight is 469 g/mol. The third-order valence-corrected chi connectivity index (χ3v) is 7.23. The molecule has 0 spiro atoms. The molecule has 192 valence electrons. The second-order valence-electron chi connectivity index (χ2n) is 10.9. The topological polar surface area (TPSA) is 0 Å². The molecule has 0 saturated heterocycles. The lowest BCUT2D eigenvalue weighted by Gasteiger charge is -2.17. The molecule has 0 rings (SSSR count). The van der Waals surface area contributed by atoms with Gasteiger partial charge in [0.2, 0.25) is 0 Å². The highest BCUT2D eigenvalue weighted by Gasteiger charge is 2.14. The Labute approximate surface area is 212 Å². The normalized spacial score (nSPS) is 16.4. The molecule has 0 radical (unpaired) electrons. The molecule has 34 heavy (non-hydrogen) atoms. The number of halogens is 1. The molecule has 0 amide bonds. The van der Waals surface area contributed by atoms with Gasteiger partial charge >= 0.3 is 0 Å². The first-order valence-corrected chi connectivity index (χ1v) is 13.3. The fraction of sp³-hybridized carbons (Fsp3) is 0.576. The summed E-state index contributed by atoms with van der Waals surface area (Å²) in [5.41, 5.74) is 4.65. The molecule has 4 atom stereocenters. The Morgan fingerprint density at radius 1 is 0.765 bits per heavy atom. The molecule has 4 unspecified atom stereocenters. The average Bonchev–Trinajstić information content (AvgIpc) is 2.80. The second-order valence-corrected chi connectivity index (χ2v) is 10.9. The Balaban J connectivity index is 4.84. The molecule has 0 saturated carbocycles. The van der Waals surface area contributed by atoms with Crippen molar-refractivity contribution in [2.45, 2.75) is 93.9 Å². The van der Waals surface area contributed by atoms with E-state index in [-0.39, 0.29) is 17.7 Å². The molecule has 0 bridgehead atoms. The predicted molar refractivity (Wildman–Crippen MR) is 154 cm³/mol. The van der Waals surface area contributed by atoms with E-state index in [1.807, 2.05) is 0 Å². The third kappa shape index (κ3) is 13.1. The van der Waals surface area contributed by atoms with E-state index in [0.717, 1.165) is 60.3 Å². The van der Waals surface area contributed by atoms with Gasteiger partial charge in [-0.15, -0.1) is 0 Å². The van der Waals surface area contributed by atoms with Gasteiger partial charge in [0.05, 0.1) is 0 Å². The zero-order chi connectivity index (χ0) is 26.4. The molecule has 0 aliphatic rings. The van der Waals surface area contributed by atoms with Crippen LogP contribution in [0, 0.1) is 29.6 Å². The van der Waals surface area contributed by atoms with Crippen molar-refractivity contribution in [1.82, 2.24) is 0 Å². The van der Waals surface area contributed by atoms with Crippen LogP contribution in [0.2, 0.25) is 0 Å². The maximum atomic E-state index is 14.8. The Morgan fingerprint density at radius 3 is 1.91 bits per heavy atom. The van der Waals surface area contributed by atoms with E-state index in [1.165, 1.54) is 6.42 Å². The van der Waals surface area contributed by atoms with Crippen LogP contribution in [0.5, 0.6) is 0 Å². The monoisotopic (exact) mass is 468 g/mol. The minimum atomic E-state index is -0.230. The van der Waals surface area contributed by atoms with Crippen LogP contribution >= 0.6 is 0 Å². The lowest BCUT2D eigenvalue weighted by molar-refractivity contribution is 0.445. The first kappa shape index (κ1) is 32.1. The van der Waals surface area contributed by atoms with Crippen molar-refractivity contribution >= 4 is 0 Å². The lowest BCUT2D eigenvalue weighted by atomic mass is 9.90. The fourth-order valence-electron chi connectivity index (χ4n) is 3.45. The first-order valence-electron chi connectivity index (χ1n) is 13.3. The maximum absolute atomic E-state index is 14.8. The molecule has 0 aliphatic heterocycles. The molecule has 0 N–H and O–H groups in total. The summed E-state index contributed by atoms with van der Waals surface area (Å²) >= 11 is 0. The van der Waals surface area contributed by atoms with Crippen molar-refractivity contribution in [1.29, 1.82) is 0 Å². The predicted octanol–water partition coefficient (Wildman–Crippen LogP) is 11.1. The SMILES string of the molecule is C=C(/C=C\C(=C)C(C)CCC(C)C)/C(C)=C/CC(C)C(=C)/C=C(/F)C(=C)C(C)CCC(C)CC. The highest BCUT2D eigenvalue weighted by Crippen LogP contribution is 2.28. The van der Waals surface area contributed by atoms with Crippen molar-refractivity contribution in [2.24, 2.45) is 29.6 Å². The van der Waals surface area contributed by atoms with Crippen molar-refractivity contribution in [3.63, 3.8) is 0 Å². The van der Waals surface area contributed by atoms with E-state index in [9.17, 15) is 4.39 Å². The van der Waals surface area contributed by atoms with Gasteiger partial charge in [-0.2, -0.15) is 0 Å². The van der Waals surface area contributed by atoms with Gasteiger partial charge in [-0.25, -0.2) is 4.39 Å². The fourth-order valence-corrected chi connectivity index (χ4v) is 3.45. The number of hydrogen-bond acceptors (Lipinski definition) is 0. The van der Waals surface area contributed by atoms with Crippen molar-refractivity contribution < 1.29 is 4.39 Å². The van der Waals surface area contributed by atoms with Crippen molar-refractivity contribution in [2.75, 3.05) is 0 Å². The molecule has 0 aromatic heterocycles. The van der Waals surface area contributed by atoms with Crippen LogP contribution in [0.25, 0.3) is 0 Å². The summed E-state index contributed by atoms with van der Waals surface area (Å²) in [6, 6.07) is 0. The summed E-state index contributed by atoms with van der Waals surface area (Å²) < 4.78 is 14.8. The van der Waals surface area contributed by atoms with Gasteiger partial charge in [-0.3, -0.25) is 0 Å². The van der Waals surface area contributed by atoms with Gasteiger partial charge in [-0.1, -0.05) is 118 Å². The zero-order valence-electron chi connectivity index (χ0n) is 23.6. The zero-order valence-corrected chi connectivity index (χ0v) is 23.6. The Bertz CT molecular complexity index is 770. The van der Waals surface area contributed by atoms with E-state index >= 15 is 0 Å². The van der Waals surface area contributed by atoms with Gasteiger partial charge in [-0.05, 0) is 84.1 Å². The lowest BCUT2D eigenvalue weighted by Crippen LogP contribution is -2.04. The van der Waals surface area contributed by atoms with Gasteiger partial charge in [0.15, 0.2) is 0 Å². The summed E-state index contributed by atoms with van der Waals surface area (Å²) in [5.74, 6) is 1.93. The third-order valence-electron chi connectivity index (χ3n) is 7.23. The van der Waals surface area contributed by atoms with Crippen LogP contribution in [0.3, 0.4) is 0 Å². The summed E-state index contributed by atoms with van der Waals surface area (Å²) in [5, 5.41) is 0. The molecule has 0 fully saturated rings. The van der Waals surface area contributed by atoms with E-state index in [2.05, 4.69) is 99.9 Å². The molecule has 0 heterocycles. The van der Waals surface area contributed by atoms with Gasteiger partial charge in [0.25, 0.3) is 0 Å². The molecule has 0 aromatic rings. The summed E-state index contributed by atoms with van der Waals surface area (Å²) in [6.07, 6.45) is 14.3. The Hall–Kier alpha value is -1.89. The minimum absolute atomic E-state index is 0.145.